The van der Waals surface area contributed by atoms with Gasteiger partial charge in [-0.15, -0.1) is 0 Å². The van der Waals surface area contributed by atoms with E-state index in [0.29, 0.717) is 12.3 Å². The number of rotatable bonds is 3. The molecule has 0 saturated carbocycles. The first-order chi connectivity index (χ1) is 7.84. The third kappa shape index (κ3) is 2.88. The maximum atomic E-state index is 11.4. The quantitative estimate of drug-likeness (QED) is 0.827. The molecular formula is C12H12N2O2. The molecule has 1 aromatic carbocycles. The average molecular weight is 216 g/mol. The van der Waals surface area contributed by atoms with Crippen LogP contribution in [0.3, 0.4) is 0 Å². The second-order valence-corrected chi connectivity index (χ2v) is 3.28. The van der Waals surface area contributed by atoms with E-state index >= 15 is 0 Å². The maximum absolute atomic E-state index is 11.4. The summed E-state index contributed by atoms with van der Waals surface area (Å²) in [5.74, 6) is 0.536. The third-order valence-electron chi connectivity index (χ3n) is 2.05. The first kappa shape index (κ1) is 10.3. The number of aromatic amines is 1. The molecule has 0 unspecified atom stereocenters. The second-order valence-electron chi connectivity index (χ2n) is 3.28. The number of H-pyrrole nitrogens is 1. The molecule has 0 aliphatic heterocycles. The predicted molar refractivity (Wildman–Crippen MR) is 60.1 cm³/mol. The largest absolute Gasteiger partial charge is 0.412 e. The topological polar surface area (TPSA) is 54.1 Å². The highest BCUT2D eigenvalue weighted by Crippen LogP contribution is 2.08. The maximum Gasteiger partial charge on any atom is 0.412 e. The van der Waals surface area contributed by atoms with E-state index in [-0.39, 0.29) is 0 Å². The summed E-state index contributed by atoms with van der Waals surface area (Å²) in [6.45, 7) is 0.454. The average Bonchev–Trinajstić information content (AvgIpc) is 2.81. The molecule has 1 amide bonds. The highest BCUT2D eigenvalue weighted by Gasteiger charge is 2.03. The van der Waals surface area contributed by atoms with Gasteiger partial charge in [0.25, 0.3) is 0 Å². The van der Waals surface area contributed by atoms with E-state index in [1.165, 1.54) is 0 Å². The molecule has 0 aliphatic rings. The van der Waals surface area contributed by atoms with E-state index in [2.05, 4.69) is 10.3 Å². The number of carbonyl (C=O) groups is 1. The van der Waals surface area contributed by atoms with Crippen LogP contribution in [0.2, 0.25) is 0 Å². The molecule has 0 fully saturated rings. The molecule has 2 rings (SSSR count). The number of aromatic nitrogens is 1. The van der Waals surface area contributed by atoms with Gasteiger partial charge in [-0.3, -0.25) is 0 Å². The molecular weight excluding hydrogens is 204 g/mol. The normalized spacial score (nSPS) is 9.75. The van der Waals surface area contributed by atoms with Crippen LogP contribution in [-0.4, -0.2) is 11.1 Å². The van der Waals surface area contributed by atoms with Crippen molar-refractivity contribution in [1.29, 1.82) is 0 Å². The van der Waals surface area contributed by atoms with Crippen molar-refractivity contribution in [2.24, 2.45) is 0 Å². The number of carbonyl (C=O) groups excluding carboxylic acids is 1. The molecule has 0 aliphatic carbocycles. The summed E-state index contributed by atoms with van der Waals surface area (Å²) >= 11 is 0. The van der Waals surface area contributed by atoms with Crippen molar-refractivity contribution < 1.29 is 9.53 Å². The Morgan fingerprint density at radius 3 is 2.75 bits per heavy atom. The van der Waals surface area contributed by atoms with E-state index < -0.39 is 6.09 Å². The Hall–Kier alpha value is -2.23. The zero-order valence-corrected chi connectivity index (χ0v) is 8.64. The minimum atomic E-state index is -0.451. The van der Waals surface area contributed by atoms with E-state index in [1.807, 2.05) is 30.5 Å². The van der Waals surface area contributed by atoms with Crippen molar-refractivity contribution in [3.8, 4) is 5.75 Å². The van der Waals surface area contributed by atoms with Gasteiger partial charge in [0.15, 0.2) is 0 Å². The van der Waals surface area contributed by atoms with Crippen molar-refractivity contribution in [3.63, 3.8) is 0 Å². The van der Waals surface area contributed by atoms with Gasteiger partial charge in [-0.25, -0.2) is 4.79 Å². The first-order valence-electron chi connectivity index (χ1n) is 4.97. The number of hydrogen-bond donors (Lipinski definition) is 2. The lowest BCUT2D eigenvalue weighted by molar-refractivity contribution is 0.200. The number of amides is 1. The number of ether oxygens (including phenoxy) is 1. The lowest BCUT2D eigenvalue weighted by atomic mass is 10.3. The van der Waals surface area contributed by atoms with Gasteiger partial charge < -0.3 is 15.0 Å². The van der Waals surface area contributed by atoms with Crippen LogP contribution in [0.15, 0.2) is 48.8 Å². The highest BCUT2D eigenvalue weighted by molar-refractivity contribution is 5.70. The van der Waals surface area contributed by atoms with Crippen molar-refractivity contribution in [2.45, 2.75) is 6.54 Å². The Bertz CT molecular complexity index is 437. The summed E-state index contributed by atoms with van der Waals surface area (Å²) in [6, 6.07) is 10.8. The number of benzene rings is 1. The summed E-state index contributed by atoms with van der Waals surface area (Å²) in [5, 5.41) is 2.65. The molecule has 1 heterocycles. The number of hydrogen-bond acceptors (Lipinski definition) is 2. The van der Waals surface area contributed by atoms with Crippen LogP contribution in [0.4, 0.5) is 4.79 Å². The lowest BCUT2D eigenvalue weighted by Crippen LogP contribution is -2.26. The molecule has 0 radical (unpaired) electrons. The fourth-order valence-electron chi connectivity index (χ4n) is 1.27. The van der Waals surface area contributed by atoms with Crippen molar-refractivity contribution in [3.05, 3.63) is 54.4 Å². The molecule has 0 spiro atoms. The van der Waals surface area contributed by atoms with Crippen LogP contribution >= 0.6 is 0 Å². The molecule has 0 bridgehead atoms. The third-order valence-corrected chi connectivity index (χ3v) is 2.05. The first-order valence-corrected chi connectivity index (χ1v) is 4.97. The van der Waals surface area contributed by atoms with Crippen LogP contribution in [-0.2, 0) is 6.54 Å². The zero-order chi connectivity index (χ0) is 11.2. The Balaban J connectivity index is 1.81. The highest BCUT2D eigenvalue weighted by atomic mass is 16.5. The molecule has 0 atom stereocenters. The van der Waals surface area contributed by atoms with Gasteiger partial charge in [-0.05, 0) is 23.8 Å². The Morgan fingerprint density at radius 1 is 1.25 bits per heavy atom. The van der Waals surface area contributed by atoms with Gasteiger partial charge in [-0.1, -0.05) is 18.2 Å². The summed E-state index contributed by atoms with van der Waals surface area (Å²) in [6.07, 6.45) is 3.18. The number of para-hydroxylation sites is 1. The van der Waals surface area contributed by atoms with Crippen LogP contribution < -0.4 is 10.1 Å². The summed E-state index contributed by atoms with van der Waals surface area (Å²) in [5.41, 5.74) is 1.00. The molecule has 2 aromatic rings. The Morgan fingerprint density at radius 2 is 2.06 bits per heavy atom. The molecule has 4 nitrogen and oxygen atoms in total. The molecule has 1 aromatic heterocycles. The van der Waals surface area contributed by atoms with E-state index in [9.17, 15) is 4.79 Å². The smallest absolute Gasteiger partial charge is 0.410 e. The molecule has 0 saturated heterocycles. The number of nitrogens with one attached hydrogen (secondary N) is 2. The molecule has 82 valence electrons. The molecule has 2 N–H and O–H groups in total. The molecule has 4 heteroatoms. The predicted octanol–water partition coefficient (Wildman–Crippen LogP) is 2.30. The summed E-state index contributed by atoms with van der Waals surface area (Å²) in [4.78, 5) is 14.3. The van der Waals surface area contributed by atoms with Crippen molar-refractivity contribution >= 4 is 6.09 Å². The fraction of sp³-hybridized carbons (Fsp3) is 0.0833. The van der Waals surface area contributed by atoms with Crippen molar-refractivity contribution in [1.82, 2.24) is 10.3 Å². The van der Waals surface area contributed by atoms with Gasteiger partial charge in [0.2, 0.25) is 0 Å². The van der Waals surface area contributed by atoms with Crippen LogP contribution in [0.5, 0.6) is 5.75 Å². The van der Waals surface area contributed by atoms with Crippen LogP contribution in [0, 0.1) is 0 Å². The fourth-order valence-corrected chi connectivity index (χ4v) is 1.27. The van der Waals surface area contributed by atoms with Crippen molar-refractivity contribution in [2.75, 3.05) is 0 Å². The summed E-state index contributed by atoms with van der Waals surface area (Å²) in [7, 11) is 0. The van der Waals surface area contributed by atoms with Gasteiger partial charge >= 0.3 is 6.09 Å². The van der Waals surface area contributed by atoms with Gasteiger partial charge in [0, 0.05) is 18.9 Å². The summed E-state index contributed by atoms with van der Waals surface area (Å²) < 4.78 is 5.05. The van der Waals surface area contributed by atoms with E-state index in [1.54, 1.807) is 18.3 Å². The lowest BCUT2D eigenvalue weighted by Gasteiger charge is -2.05. The van der Waals surface area contributed by atoms with E-state index in [4.69, 9.17) is 4.74 Å². The van der Waals surface area contributed by atoms with E-state index in [0.717, 1.165) is 5.56 Å². The van der Waals surface area contributed by atoms with Crippen LogP contribution in [0.25, 0.3) is 0 Å². The standard InChI is InChI=1S/C12H12N2O2/c15-12(14-9-10-6-7-13-8-10)16-11-4-2-1-3-5-11/h1-8,13H,9H2,(H,14,15). The Labute approximate surface area is 93.3 Å². The minimum absolute atomic E-state index is 0.451. The SMILES string of the molecule is O=C(NCc1cc[nH]c1)Oc1ccccc1. The van der Waals surface area contributed by atoms with Gasteiger partial charge in [0.1, 0.15) is 5.75 Å². The molecule has 16 heavy (non-hydrogen) atoms. The van der Waals surface area contributed by atoms with Gasteiger partial charge in [-0.2, -0.15) is 0 Å². The monoisotopic (exact) mass is 216 g/mol. The van der Waals surface area contributed by atoms with Crippen LogP contribution in [0.1, 0.15) is 5.56 Å². The zero-order valence-electron chi connectivity index (χ0n) is 8.64. The Kier molecular flexibility index (Phi) is 3.23. The van der Waals surface area contributed by atoms with Gasteiger partial charge in [0.05, 0.1) is 0 Å². The minimum Gasteiger partial charge on any atom is -0.410 e. The second kappa shape index (κ2) is 5.02.